The van der Waals surface area contributed by atoms with Crippen molar-refractivity contribution in [3.63, 3.8) is 0 Å². The second-order valence-corrected chi connectivity index (χ2v) is 6.84. The Balaban J connectivity index is 1.61. The minimum atomic E-state index is -0.589. The van der Waals surface area contributed by atoms with E-state index in [1.54, 1.807) is 6.92 Å². The predicted molar refractivity (Wildman–Crippen MR) is 117 cm³/mol. The van der Waals surface area contributed by atoms with E-state index >= 15 is 0 Å². The third kappa shape index (κ3) is 5.43. The molecule has 2 aromatic rings. The number of morpholine rings is 1. The molecular weight excluding hydrogens is 408 g/mol. The lowest BCUT2D eigenvalue weighted by Gasteiger charge is -2.28. The smallest absolute Gasteiger partial charge is 0.311 e. The maximum absolute atomic E-state index is 12.4. The topological polar surface area (TPSA) is 106 Å². The highest BCUT2D eigenvalue weighted by Crippen LogP contribution is 2.28. The number of carbonyl (C=O) groups is 1. The number of nitro benzene ring substituents is 1. The molecule has 1 amide bonds. The van der Waals surface area contributed by atoms with Gasteiger partial charge < -0.3 is 19.7 Å². The van der Waals surface area contributed by atoms with Gasteiger partial charge in [0.05, 0.1) is 24.7 Å². The van der Waals surface area contributed by atoms with Crippen molar-refractivity contribution >= 4 is 40.3 Å². The summed E-state index contributed by atoms with van der Waals surface area (Å²) in [6.45, 7) is 5.11. The summed E-state index contributed by atoms with van der Waals surface area (Å²) in [7, 11) is 0. The summed E-state index contributed by atoms with van der Waals surface area (Å²) in [4.78, 5) is 25.3. The third-order valence-corrected chi connectivity index (χ3v) is 4.65. The number of nitrogens with zero attached hydrogens (tertiary/aromatic N) is 2. The van der Waals surface area contributed by atoms with E-state index in [0.717, 1.165) is 24.5 Å². The molecule has 3 rings (SSSR count). The zero-order chi connectivity index (χ0) is 21.5. The Bertz CT molecular complexity index is 929. The first-order valence-electron chi connectivity index (χ1n) is 9.44. The first-order chi connectivity index (χ1) is 14.5. The molecule has 9 nitrogen and oxygen atoms in total. The predicted octanol–water partition coefficient (Wildman–Crippen LogP) is 2.96. The molecule has 0 radical (unpaired) electrons. The van der Waals surface area contributed by atoms with Gasteiger partial charge in [0, 0.05) is 36.1 Å². The molecule has 1 saturated heterocycles. The van der Waals surface area contributed by atoms with Crippen molar-refractivity contribution in [2.75, 3.05) is 43.1 Å². The second kappa shape index (κ2) is 9.99. The van der Waals surface area contributed by atoms with Crippen LogP contribution in [0.1, 0.15) is 17.3 Å². The fourth-order valence-corrected chi connectivity index (χ4v) is 3.20. The van der Waals surface area contributed by atoms with Gasteiger partial charge in [0.25, 0.3) is 5.91 Å². The Hall–Kier alpha value is -3.24. The number of hydrogen-bond acceptors (Lipinski definition) is 7. The minimum Gasteiger partial charge on any atom is -0.487 e. The van der Waals surface area contributed by atoms with Gasteiger partial charge in [0.1, 0.15) is 0 Å². The quantitative estimate of drug-likeness (QED) is 0.409. The maximum atomic E-state index is 12.4. The highest BCUT2D eigenvalue weighted by atomic mass is 32.1. The van der Waals surface area contributed by atoms with E-state index in [4.69, 9.17) is 21.7 Å². The van der Waals surface area contributed by atoms with Crippen LogP contribution in [0.3, 0.4) is 0 Å². The van der Waals surface area contributed by atoms with Crippen molar-refractivity contribution in [3.8, 4) is 5.75 Å². The van der Waals surface area contributed by atoms with Gasteiger partial charge in [-0.2, -0.15) is 0 Å². The summed E-state index contributed by atoms with van der Waals surface area (Å²) in [5.41, 5.74) is 1.63. The molecule has 1 aliphatic rings. The SMILES string of the molecule is CCOc1ccc(C(=O)NC(=S)Nc2ccc(N3CCOCC3)cc2)cc1[N+](=O)[O-]. The molecule has 0 spiro atoms. The second-order valence-electron chi connectivity index (χ2n) is 6.43. The van der Waals surface area contributed by atoms with Gasteiger partial charge in [0.15, 0.2) is 10.9 Å². The Morgan fingerprint density at radius 1 is 1.23 bits per heavy atom. The number of benzene rings is 2. The lowest BCUT2D eigenvalue weighted by atomic mass is 10.1. The van der Waals surface area contributed by atoms with Crippen molar-refractivity contribution < 1.29 is 19.2 Å². The van der Waals surface area contributed by atoms with Crippen molar-refractivity contribution in [2.24, 2.45) is 0 Å². The number of nitrogens with one attached hydrogen (secondary N) is 2. The summed E-state index contributed by atoms with van der Waals surface area (Å²) in [6, 6.07) is 11.7. The van der Waals surface area contributed by atoms with Crippen LogP contribution in [0.5, 0.6) is 5.75 Å². The lowest BCUT2D eigenvalue weighted by molar-refractivity contribution is -0.385. The molecule has 10 heteroatoms. The van der Waals surface area contributed by atoms with E-state index < -0.39 is 10.8 Å². The van der Waals surface area contributed by atoms with Crippen molar-refractivity contribution in [2.45, 2.75) is 6.92 Å². The summed E-state index contributed by atoms with van der Waals surface area (Å²) in [6.07, 6.45) is 0. The van der Waals surface area contributed by atoms with Crippen LogP contribution in [0.25, 0.3) is 0 Å². The van der Waals surface area contributed by atoms with Gasteiger partial charge >= 0.3 is 5.69 Å². The lowest BCUT2D eigenvalue weighted by Crippen LogP contribution is -2.36. The van der Waals surface area contributed by atoms with Crippen molar-refractivity contribution in [3.05, 3.63) is 58.1 Å². The van der Waals surface area contributed by atoms with Crippen LogP contribution < -0.4 is 20.3 Å². The van der Waals surface area contributed by atoms with Crippen LogP contribution in [0.4, 0.5) is 17.1 Å². The van der Waals surface area contributed by atoms with Crippen molar-refractivity contribution in [1.29, 1.82) is 0 Å². The molecule has 0 unspecified atom stereocenters. The summed E-state index contributed by atoms with van der Waals surface area (Å²) < 4.78 is 10.6. The molecule has 1 fully saturated rings. The summed E-state index contributed by atoms with van der Waals surface area (Å²) >= 11 is 5.19. The number of carbonyl (C=O) groups excluding carboxylic acids is 1. The highest BCUT2D eigenvalue weighted by molar-refractivity contribution is 7.80. The average molecular weight is 430 g/mol. The van der Waals surface area contributed by atoms with E-state index in [1.165, 1.54) is 18.2 Å². The van der Waals surface area contributed by atoms with E-state index in [0.29, 0.717) is 13.2 Å². The Morgan fingerprint density at radius 2 is 1.93 bits per heavy atom. The van der Waals surface area contributed by atoms with Crippen LogP contribution in [-0.2, 0) is 4.74 Å². The monoisotopic (exact) mass is 430 g/mol. The van der Waals surface area contributed by atoms with E-state index in [2.05, 4.69) is 15.5 Å². The zero-order valence-corrected chi connectivity index (χ0v) is 17.2. The molecule has 0 bridgehead atoms. The normalized spacial score (nSPS) is 13.4. The maximum Gasteiger partial charge on any atom is 0.311 e. The van der Waals surface area contributed by atoms with E-state index in [1.807, 2.05) is 24.3 Å². The average Bonchev–Trinajstić information content (AvgIpc) is 2.75. The van der Waals surface area contributed by atoms with Gasteiger partial charge in [-0.1, -0.05) is 0 Å². The van der Waals surface area contributed by atoms with Crippen LogP contribution in [0.15, 0.2) is 42.5 Å². The van der Waals surface area contributed by atoms with Gasteiger partial charge in [0.2, 0.25) is 0 Å². The molecule has 1 heterocycles. The molecule has 30 heavy (non-hydrogen) atoms. The molecule has 0 saturated carbocycles. The number of amides is 1. The van der Waals surface area contributed by atoms with Gasteiger partial charge in [-0.05, 0) is 55.5 Å². The highest BCUT2D eigenvalue weighted by Gasteiger charge is 2.19. The largest absolute Gasteiger partial charge is 0.487 e. The van der Waals surface area contributed by atoms with Crippen molar-refractivity contribution in [1.82, 2.24) is 5.32 Å². The van der Waals surface area contributed by atoms with Crippen LogP contribution >= 0.6 is 12.2 Å². The number of nitro groups is 1. The number of ether oxygens (including phenoxy) is 2. The molecule has 2 aromatic carbocycles. The number of anilines is 2. The third-order valence-electron chi connectivity index (χ3n) is 4.45. The van der Waals surface area contributed by atoms with Gasteiger partial charge in [-0.25, -0.2) is 0 Å². The Kier molecular flexibility index (Phi) is 7.15. The van der Waals surface area contributed by atoms with E-state index in [9.17, 15) is 14.9 Å². The Labute approximate surface area is 179 Å². The van der Waals surface area contributed by atoms with Crippen LogP contribution in [-0.4, -0.2) is 48.9 Å². The fraction of sp³-hybridized carbons (Fsp3) is 0.300. The molecule has 2 N–H and O–H groups in total. The fourth-order valence-electron chi connectivity index (χ4n) is 2.99. The molecule has 0 atom stereocenters. The summed E-state index contributed by atoms with van der Waals surface area (Å²) in [5, 5.41) is 16.8. The van der Waals surface area contributed by atoms with E-state index in [-0.39, 0.29) is 28.7 Å². The molecule has 0 aliphatic carbocycles. The number of thiocarbonyl (C=S) groups is 1. The first kappa shape index (κ1) is 21.5. The van der Waals surface area contributed by atoms with Crippen LogP contribution in [0.2, 0.25) is 0 Å². The Morgan fingerprint density at radius 3 is 2.57 bits per heavy atom. The summed E-state index contributed by atoms with van der Waals surface area (Å²) in [5.74, 6) is -0.441. The first-order valence-corrected chi connectivity index (χ1v) is 9.85. The van der Waals surface area contributed by atoms with Gasteiger partial charge in [-0.15, -0.1) is 0 Å². The van der Waals surface area contributed by atoms with Gasteiger partial charge in [-0.3, -0.25) is 20.2 Å². The number of rotatable bonds is 6. The van der Waals surface area contributed by atoms with Crippen LogP contribution in [0, 0.1) is 10.1 Å². The molecule has 1 aliphatic heterocycles. The standard InChI is InChI=1S/C20H22N4O5S/c1-2-29-18-8-3-14(13-17(18)24(26)27)19(25)22-20(30)21-15-4-6-16(7-5-15)23-9-11-28-12-10-23/h3-8,13H,2,9-12H2,1H3,(H2,21,22,25,30). The zero-order valence-electron chi connectivity index (χ0n) is 16.4. The number of hydrogen-bond donors (Lipinski definition) is 2. The molecular formula is C20H22N4O5S. The minimum absolute atomic E-state index is 0.0932. The molecule has 0 aromatic heterocycles. The molecule has 158 valence electrons.